The van der Waals surface area contributed by atoms with Gasteiger partial charge in [0.15, 0.2) is 0 Å². The lowest BCUT2D eigenvalue weighted by molar-refractivity contribution is 1.32. The zero-order valence-corrected chi connectivity index (χ0v) is 9.12. The topological polar surface area (TPSA) is 38.9 Å². The molecule has 0 radical (unpaired) electrons. The highest BCUT2D eigenvalue weighted by Crippen LogP contribution is 2.23. The molecule has 2 aromatic rings. The number of benzene rings is 1. The van der Waals surface area contributed by atoms with E-state index in [0.717, 1.165) is 11.3 Å². The summed E-state index contributed by atoms with van der Waals surface area (Å²) in [6.45, 7) is 2.04. The van der Waals surface area contributed by atoms with Crippen molar-refractivity contribution >= 4 is 17.4 Å². The Morgan fingerprint density at radius 2 is 2.00 bits per heavy atom. The van der Waals surface area contributed by atoms with E-state index in [1.165, 1.54) is 5.56 Å². The van der Waals surface area contributed by atoms with E-state index in [9.17, 15) is 0 Å². The van der Waals surface area contributed by atoms with Crippen LogP contribution >= 0.6 is 11.6 Å². The molecule has 0 bridgehead atoms. The summed E-state index contributed by atoms with van der Waals surface area (Å²) in [6, 6.07) is 11.5. The summed E-state index contributed by atoms with van der Waals surface area (Å²) in [6.07, 6.45) is 0. The molecular weight excluding hydrogens is 208 g/mol. The fourth-order valence-corrected chi connectivity index (χ4v) is 1.68. The lowest BCUT2D eigenvalue weighted by Gasteiger charge is -2.03. The first-order valence-electron chi connectivity index (χ1n) is 4.65. The number of nitrogens with zero attached hydrogens (tertiary/aromatic N) is 1. The van der Waals surface area contributed by atoms with E-state index in [2.05, 4.69) is 11.1 Å². The maximum absolute atomic E-state index is 5.92. The van der Waals surface area contributed by atoms with Gasteiger partial charge in [0.1, 0.15) is 5.82 Å². The van der Waals surface area contributed by atoms with Crippen LogP contribution in [0.3, 0.4) is 0 Å². The van der Waals surface area contributed by atoms with Crippen molar-refractivity contribution in [1.29, 1.82) is 0 Å². The molecular formula is C12H11ClN2. The molecule has 1 aromatic heterocycles. The number of rotatable bonds is 1. The predicted molar refractivity (Wildman–Crippen MR) is 63.8 cm³/mol. The van der Waals surface area contributed by atoms with Gasteiger partial charge in [-0.15, -0.1) is 0 Å². The van der Waals surface area contributed by atoms with Crippen molar-refractivity contribution in [1.82, 2.24) is 4.98 Å². The SMILES string of the molecule is Cc1cccc(-c2cc(Cl)cc(N)n2)c1. The van der Waals surface area contributed by atoms with Gasteiger partial charge in [-0.3, -0.25) is 0 Å². The van der Waals surface area contributed by atoms with Gasteiger partial charge in [0.2, 0.25) is 0 Å². The summed E-state index contributed by atoms with van der Waals surface area (Å²) < 4.78 is 0. The van der Waals surface area contributed by atoms with Crippen LogP contribution in [0.5, 0.6) is 0 Å². The molecule has 1 aromatic carbocycles. The Kier molecular flexibility index (Phi) is 2.60. The van der Waals surface area contributed by atoms with Crippen LogP contribution in [0.15, 0.2) is 36.4 Å². The van der Waals surface area contributed by atoms with Crippen molar-refractivity contribution in [2.24, 2.45) is 0 Å². The van der Waals surface area contributed by atoms with Crippen molar-refractivity contribution in [2.45, 2.75) is 6.92 Å². The zero-order valence-electron chi connectivity index (χ0n) is 8.37. The molecule has 0 saturated carbocycles. The van der Waals surface area contributed by atoms with Gasteiger partial charge in [-0.2, -0.15) is 0 Å². The molecule has 2 rings (SSSR count). The van der Waals surface area contributed by atoms with E-state index in [-0.39, 0.29) is 0 Å². The van der Waals surface area contributed by atoms with Gasteiger partial charge in [0.25, 0.3) is 0 Å². The smallest absolute Gasteiger partial charge is 0.125 e. The van der Waals surface area contributed by atoms with Gasteiger partial charge in [-0.1, -0.05) is 35.4 Å². The Morgan fingerprint density at radius 1 is 1.20 bits per heavy atom. The fraction of sp³-hybridized carbons (Fsp3) is 0.0833. The summed E-state index contributed by atoms with van der Waals surface area (Å²) in [4.78, 5) is 4.24. The highest BCUT2D eigenvalue weighted by atomic mass is 35.5. The van der Waals surface area contributed by atoms with Crippen LogP contribution in [0.1, 0.15) is 5.56 Å². The first-order chi connectivity index (χ1) is 7.15. The first kappa shape index (κ1) is 9.99. The van der Waals surface area contributed by atoms with E-state index in [4.69, 9.17) is 17.3 Å². The largest absolute Gasteiger partial charge is 0.384 e. The van der Waals surface area contributed by atoms with Crippen LogP contribution in [0.2, 0.25) is 5.02 Å². The monoisotopic (exact) mass is 218 g/mol. The number of aromatic nitrogens is 1. The van der Waals surface area contributed by atoms with Gasteiger partial charge in [0.05, 0.1) is 5.69 Å². The molecule has 0 fully saturated rings. The zero-order chi connectivity index (χ0) is 10.8. The molecule has 0 unspecified atom stereocenters. The van der Waals surface area contributed by atoms with Gasteiger partial charge < -0.3 is 5.73 Å². The quantitative estimate of drug-likeness (QED) is 0.798. The fourth-order valence-electron chi connectivity index (χ4n) is 1.47. The van der Waals surface area contributed by atoms with Crippen LogP contribution < -0.4 is 5.73 Å². The Labute approximate surface area is 93.7 Å². The second kappa shape index (κ2) is 3.91. The van der Waals surface area contributed by atoms with E-state index in [1.807, 2.05) is 31.2 Å². The Balaban J connectivity index is 2.54. The minimum Gasteiger partial charge on any atom is -0.384 e. The maximum Gasteiger partial charge on any atom is 0.125 e. The second-order valence-electron chi connectivity index (χ2n) is 3.46. The number of aryl methyl sites for hydroxylation is 1. The highest BCUT2D eigenvalue weighted by Gasteiger charge is 2.02. The standard InChI is InChI=1S/C12H11ClN2/c1-8-3-2-4-9(5-8)11-6-10(13)7-12(14)15-11/h2-7H,1H3,(H2,14,15). The van der Waals surface area contributed by atoms with Crippen LogP contribution in [-0.2, 0) is 0 Å². The number of hydrogen-bond acceptors (Lipinski definition) is 2. The normalized spacial score (nSPS) is 10.3. The third-order valence-corrected chi connectivity index (χ3v) is 2.34. The molecule has 0 aliphatic rings. The van der Waals surface area contributed by atoms with Gasteiger partial charge >= 0.3 is 0 Å². The summed E-state index contributed by atoms with van der Waals surface area (Å²) in [7, 11) is 0. The third kappa shape index (κ3) is 2.28. The molecule has 2 N–H and O–H groups in total. The summed E-state index contributed by atoms with van der Waals surface area (Å²) in [5, 5.41) is 0.610. The van der Waals surface area contributed by atoms with Crippen molar-refractivity contribution < 1.29 is 0 Å². The van der Waals surface area contributed by atoms with Crippen LogP contribution in [0, 0.1) is 6.92 Å². The Hall–Kier alpha value is -1.54. The highest BCUT2D eigenvalue weighted by molar-refractivity contribution is 6.31. The maximum atomic E-state index is 5.92. The number of nitrogen functional groups attached to an aromatic ring is 1. The lowest BCUT2D eigenvalue weighted by Crippen LogP contribution is -1.92. The molecule has 0 spiro atoms. The minimum absolute atomic E-state index is 0.444. The van der Waals surface area contributed by atoms with Crippen molar-refractivity contribution in [3.8, 4) is 11.3 Å². The first-order valence-corrected chi connectivity index (χ1v) is 5.03. The lowest BCUT2D eigenvalue weighted by atomic mass is 10.1. The molecule has 15 heavy (non-hydrogen) atoms. The number of hydrogen-bond donors (Lipinski definition) is 1. The Morgan fingerprint density at radius 3 is 2.67 bits per heavy atom. The molecule has 0 saturated heterocycles. The molecule has 0 aliphatic heterocycles. The van der Waals surface area contributed by atoms with E-state index < -0.39 is 0 Å². The third-order valence-electron chi connectivity index (χ3n) is 2.12. The predicted octanol–water partition coefficient (Wildman–Crippen LogP) is 3.29. The molecule has 76 valence electrons. The molecule has 0 amide bonds. The average molecular weight is 219 g/mol. The average Bonchev–Trinajstić information content (AvgIpc) is 2.16. The van der Waals surface area contributed by atoms with Crippen molar-refractivity contribution in [2.75, 3.05) is 5.73 Å². The number of halogens is 1. The number of pyridine rings is 1. The van der Waals surface area contributed by atoms with Crippen molar-refractivity contribution in [3.63, 3.8) is 0 Å². The molecule has 0 aliphatic carbocycles. The molecule has 2 nitrogen and oxygen atoms in total. The minimum atomic E-state index is 0.444. The second-order valence-corrected chi connectivity index (χ2v) is 3.90. The van der Waals surface area contributed by atoms with Gasteiger partial charge in [0, 0.05) is 10.6 Å². The number of anilines is 1. The summed E-state index contributed by atoms with van der Waals surface area (Å²) in [5.41, 5.74) is 8.67. The van der Waals surface area contributed by atoms with Crippen LogP contribution in [-0.4, -0.2) is 4.98 Å². The van der Waals surface area contributed by atoms with Crippen molar-refractivity contribution in [3.05, 3.63) is 47.0 Å². The van der Waals surface area contributed by atoms with Gasteiger partial charge in [-0.05, 0) is 25.1 Å². The van der Waals surface area contributed by atoms with Gasteiger partial charge in [-0.25, -0.2) is 4.98 Å². The summed E-state index contributed by atoms with van der Waals surface area (Å²) >= 11 is 5.92. The van der Waals surface area contributed by atoms with Crippen LogP contribution in [0.25, 0.3) is 11.3 Å². The summed E-state index contributed by atoms with van der Waals surface area (Å²) in [5.74, 6) is 0.444. The molecule has 0 atom stereocenters. The van der Waals surface area contributed by atoms with E-state index in [0.29, 0.717) is 10.8 Å². The van der Waals surface area contributed by atoms with Crippen LogP contribution in [0.4, 0.5) is 5.82 Å². The molecule has 1 heterocycles. The van der Waals surface area contributed by atoms with E-state index >= 15 is 0 Å². The number of nitrogens with two attached hydrogens (primary N) is 1. The Bertz CT molecular complexity index is 474. The van der Waals surface area contributed by atoms with E-state index in [1.54, 1.807) is 6.07 Å². The molecule has 3 heteroatoms.